The van der Waals surface area contributed by atoms with Crippen LogP contribution in [0.3, 0.4) is 0 Å². The summed E-state index contributed by atoms with van der Waals surface area (Å²) in [4.78, 5) is 2.37. The SMILES string of the molecule is CCCN(CC)Cc1ccc(B(O)O)cc1. The van der Waals surface area contributed by atoms with Crippen LogP contribution in [0.25, 0.3) is 0 Å². The van der Waals surface area contributed by atoms with E-state index < -0.39 is 7.12 Å². The average Bonchev–Trinajstić information content (AvgIpc) is 2.29. The van der Waals surface area contributed by atoms with Crippen LogP contribution >= 0.6 is 0 Å². The first-order valence-corrected chi connectivity index (χ1v) is 5.84. The maximum absolute atomic E-state index is 8.97. The fourth-order valence-electron chi connectivity index (χ4n) is 1.72. The molecule has 88 valence electrons. The van der Waals surface area contributed by atoms with E-state index in [1.807, 2.05) is 12.1 Å². The predicted octanol–water partition coefficient (Wildman–Crippen LogP) is 0.598. The molecule has 0 atom stereocenters. The maximum atomic E-state index is 8.97. The zero-order chi connectivity index (χ0) is 12.0. The number of hydrogen-bond donors (Lipinski definition) is 2. The third-order valence-corrected chi connectivity index (χ3v) is 2.67. The molecule has 1 aromatic rings. The van der Waals surface area contributed by atoms with Crippen molar-refractivity contribution in [3.05, 3.63) is 29.8 Å². The fourth-order valence-corrected chi connectivity index (χ4v) is 1.72. The van der Waals surface area contributed by atoms with Gasteiger partial charge in [-0.1, -0.05) is 38.1 Å². The molecule has 0 unspecified atom stereocenters. The van der Waals surface area contributed by atoms with Crippen LogP contribution < -0.4 is 5.46 Å². The first-order valence-electron chi connectivity index (χ1n) is 5.84. The zero-order valence-electron chi connectivity index (χ0n) is 10.1. The van der Waals surface area contributed by atoms with Gasteiger partial charge in [-0.25, -0.2) is 0 Å². The molecular weight excluding hydrogens is 201 g/mol. The van der Waals surface area contributed by atoms with Crippen LogP contribution in [-0.4, -0.2) is 35.2 Å². The van der Waals surface area contributed by atoms with E-state index >= 15 is 0 Å². The first-order chi connectivity index (χ1) is 7.67. The smallest absolute Gasteiger partial charge is 0.423 e. The molecule has 1 rings (SSSR count). The highest BCUT2D eigenvalue weighted by molar-refractivity contribution is 6.58. The van der Waals surface area contributed by atoms with Gasteiger partial charge in [-0.05, 0) is 30.5 Å². The van der Waals surface area contributed by atoms with Gasteiger partial charge in [0, 0.05) is 6.54 Å². The molecule has 0 bridgehead atoms. The highest BCUT2D eigenvalue weighted by Crippen LogP contribution is 2.04. The van der Waals surface area contributed by atoms with Gasteiger partial charge in [-0.3, -0.25) is 4.90 Å². The highest BCUT2D eigenvalue weighted by Gasteiger charge is 2.10. The molecule has 3 nitrogen and oxygen atoms in total. The topological polar surface area (TPSA) is 43.7 Å². The minimum atomic E-state index is -1.37. The summed E-state index contributed by atoms with van der Waals surface area (Å²) in [5.41, 5.74) is 1.75. The van der Waals surface area contributed by atoms with Gasteiger partial charge in [0.1, 0.15) is 0 Å². The van der Waals surface area contributed by atoms with Crippen LogP contribution in [0.5, 0.6) is 0 Å². The molecule has 0 aromatic heterocycles. The molecule has 0 saturated carbocycles. The summed E-state index contributed by atoms with van der Waals surface area (Å²) in [6, 6.07) is 7.43. The zero-order valence-corrected chi connectivity index (χ0v) is 10.1. The van der Waals surface area contributed by atoms with Crippen LogP contribution in [0.2, 0.25) is 0 Å². The second kappa shape index (κ2) is 6.68. The van der Waals surface area contributed by atoms with Crippen molar-refractivity contribution >= 4 is 12.6 Å². The molecule has 0 heterocycles. The average molecular weight is 221 g/mol. The number of hydrogen-bond acceptors (Lipinski definition) is 3. The molecule has 16 heavy (non-hydrogen) atoms. The summed E-state index contributed by atoms with van der Waals surface area (Å²) in [6.45, 7) is 7.39. The van der Waals surface area contributed by atoms with Gasteiger partial charge in [0.05, 0.1) is 0 Å². The normalized spacial score (nSPS) is 10.8. The van der Waals surface area contributed by atoms with E-state index in [2.05, 4.69) is 18.7 Å². The third-order valence-electron chi connectivity index (χ3n) is 2.67. The van der Waals surface area contributed by atoms with E-state index in [9.17, 15) is 0 Å². The molecule has 0 spiro atoms. The lowest BCUT2D eigenvalue weighted by Gasteiger charge is -2.19. The van der Waals surface area contributed by atoms with E-state index in [0.29, 0.717) is 5.46 Å². The summed E-state index contributed by atoms with van der Waals surface area (Å²) < 4.78 is 0. The summed E-state index contributed by atoms with van der Waals surface area (Å²) in [5.74, 6) is 0. The van der Waals surface area contributed by atoms with Gasteiger partial charge < -0.3 is 10.0 Å². The van der Waals surface area contributed by atoms with Crippen molar-refractivity contribution in [3.8, 4) is 0 Å². The van der Waals surface area contributed by atoms with Crippen molar-refractivity contribution in [1.29, 1.82) is 0 Å². The Bertz CT molecular complexity index is 300. The molecule has 0 radical (unpaired) electrons. The standard InChI is InChI=1S/C12H20BNO2/c1-3-9-14(4-2)10-11-5-7-12(8-6-11)13(15)16/h5-8,15-16H,3-4,9-10H2,1-2H3. The van der Waals surface area contributed by atoms with Crippen molar-refractivity contribution in [2.75, 3.05) is 13.1 Å². The number of nitrogens with zero attached hydrogens (tertiary/aromatic N) is 1. The van der Waals surface area contributed by atoms with E-state index in [-0.39, 0.29) is 0 Å². The van der Waals surface area contributed by atoms with Gasteiger partial charge in [0.25, 0.3) is 0 Å². The third kappa shape index (κ3) is 3.97. The van der Waals surface area contributed by atoms with Crippen molar-refractivity contribution in [2.45, 2.75) is 26.8 Å². The first kappa shape index (κ1) is 13.2. The quantitative estimate of drug-likeness (QED) is 0.691. The Morgan fingerprint density at radius 2 is 1.75 bits per heavy atom. The second-order valence-corrected chi connectivity index (χ2v) is 3.98. The lowest BCUT2D eigenvalue weighted by molar-refractivity contribution is 0.280. The molecule has 0 fully saturated rings. The van der Waals surface area contributed by atoms with E-state index in [0.717, 1.165) is 26.1 Å². The summed E-state index contributed by atoms with van der Waals surface area (Å²) in [6.07, 6.45) is 1.15. The van der Waals surface area contributed by atoms with E-state index in [4.69, 9.17) is 10.0 Å². The van der Waals surface area contributed by atoms with Crippen LogP contribution in [0.4, 0.5) is 0 Å². The van der Waals surface area contributed by atoms with Crippen LogP contribution in [0, 0.1) is 0 Å². The predicted molar refractivity (Wildman–Crippen MR) is 67.5 cm³/mol. The Balaban J connectivity index is 2.60. The van der Waals surface area contributed by atoms with Gasteiger partial charge >= 0.3 is 7.12 Å². The second-order valence-electron chi connectivity index (χ2n) is 3.98. The Morgan fingerprint density at radius 1 is 1.12 bits per heavy atom. The summed E-state index contributed by atoms with van der Waals surface area (Å²) in [5, 5.41) is 17.9. The van der Waals surface area contributed by atoms with Gasteiger partial charge in [0.2, 0.25) is 0 Å². The Labute approximate surface area is 97.9 Å². The van der Waals surface area contributed by atoms with E-state index in [1.165, 1.54) is 5.56 Å². The van der Waals surface area contributed by atoms with E-state index in [1.54, 1.807) is 12.1 Å². The van der Waals surface area contributed by atoms with Crippen molar-refractivity contribution < 1.29 is 10.0 Å². The molecule has 4 heteroatoms. The summed E-state index contributed by atoms with van der Waals surface area (Å²) >= 11 is 0. The Hall–Kier alpha value is -0.835. The maximum Gasteiger partial charge on any atom is 0.488 e. The molecule has 0 saturated heterocycles. The Morgan fingerprint density at radius 3 is 2.19 bits per heavy atom. The van der Waals surface area contributed by atoms with Crippen molar-refractivity contribution in [1.82, 2.24) is 4.90 Å². The molecule has 0 aliphatic heterocycles. The van der Waals surface area contributed by atoms with Crippen LogP contribution in [0.15, 0.2) is 24.3 Å². The van der Waals surface area contributed by atoms with Crippen molar-refractivity contribution in [3.63, 3.8) is 0 Å². The molecule has 2 N–H and O–H groups in total. The fraction of sp³-hybridized carbons (Fsp3) is 0.500. The number of rotatable bonds is 6. The van der Waals surface area contributed by atoms with Gasteiger partial charge in [-0.2, -0.15) is 0 Å². The molecule has 0 aliphatic rings. The number of benzene rings is 1. The minimum Gasteiger partial charge on any atom is -0.423 e. The largest absolute Gasteiger partial charge is 0.488 e. The van der Waals surface area contributed by atoms with Gasteiger partial charge in [0.15, 0.2) is 0 Å². The summed E-state index contributed by atoms with van der Waals surface area (Å²) in [7, 11) is -1.37. The lowest BCUT2D eigenvalue weighted by atomic mass is 9.80. The van der Waals surface area contributed by atoms with Crippen LogP contribution in [0.1, 0.15) is 25.8 Å². The monoisotopic (exact) mass is 221 g/mol. The Kier molecular flexibility index (Phi) is 5.53. The van der Waals surface area contributed by atoms with Crippen LogP contribution in [-0.2, 0) is 6.54 Å². The molecule has 1 aromatic carbocycles. The van der Waals surface area contributed by atoms with Crippen molar-refractivity contribution in [2.24, 2.45) is 0 Å². The minimum absolute atomic E-state index is 0.544. The molecule has 0 aliphatic carbocycles. The van der Waals surface area contributed by atoms with Gasteiger partial charge in [-0.15, -0.1) is 0 Å². The highest BCUT2D eigenvalue weighted by atomic mass is 16.4. The lowest BCUT2D eigenvalue weighted by Crippen LogP contribution is -2.30. The molecule has 0 amide bonds. The molecular formula is C12H20BNO2.